The molecule has 0 atom stereocenters. The van der Waals surface area contributed by atoms with Crippen LogP contribution in [0.25, 0.3) is 21.4 Å². The molecule has 0 aliphatic carbocycles. The van der Waals surface area contributed by atoms with E-state index in [1.807, 2.05) is 42.5 Å². The number of rotatable bonds is 7. The summed E-state index contributed by atoms with van der Waals surface area (Å²) in [5.74, 6) is 1.39. The molecular formula is C23H20N2O5S. The summed E-state index contributed by atoms with van der Waals surface area (Å²) in [7, 11) is 2.97. The smallest absolute Gasteiger partial charge is 0.348 e. The van der Waals surface area contributed by atoms with Gasteiger partial charge in [0.1, 0.15) is 10.6 Å². The summed E-state index contributed by atoms with van der Waals surface area (Å²) in [6.45, 7) is 0. The van der Waals surface area contributed by atoms with Gasteiger partial charge in [-0.15, -0.1) is 11.3 Å². The monoisotopic (exact) mass is 436 g/mol. The second-order valence-electron chi connectivity index (χ2n) is 6.75. The van der Waals surface area contributed by atoms with Crippen molar-refractivity contribution < 1.29 is 23.5 Å². The first-order valence-corrected chi connectivity index (χ1v) is 10.4. The number of esters is 1. The van der Waals surface area contributed by atoms with Gasteiger partial charge >= 0.3 is 5.97 Å². The van der Waals surface area contributed by atoms with Crippen molar-refractivity contribution >= 4 is 39.0 Å². The van der Waals surface area contributed by atoms with E-state index >= 15 is 0 Å². The van der Waals surface area contributed by atoms with Crippen molar-refractivity contribution in [3.05, 3.63) is 65.5 Å². The highest BCUT2D eigenvalue weighted by molar-refractivity contribution is 7.20. The number of nitrogens with one attached hydrogen (secondary N) is 1. The van der Waals surface area contributed by atoms with Crippen molar-refractivity contribution in [1.29, 1.82) is 0 Å². The van der Waals surface area contributed by atoms with E-state index in [2.05, 4.69) is 10.3 Å². The number of anilines is 1. The second-order valence-corrected chi connectivity index (χ2v) is 7.83. The molecule has 158 valence electrons. The third-order valence-corrected chi connectivity index (χ3v) is 5.78. The van der Waals surface area contributed by atoms with E-state index in [4.69, 9.17) is 13.9 Å². The Morgan fingerprint density at radius 1 is 1.10 bits per heavy atom. The molecule has 0 saturated heterocycles. The van der Waals surface area contributed by atoms with Gasteiger partial charge in [-0.2, -0.15) is 0 Å². The van der Waals surface area contributed by atoms with Crippen molar-refractivity contribution in [3.8, 4) is 17.1 Å². The van der Waals surface area contributed by atoms with Crippen LogP contribution >= 0.6 is 11.3 Å². The lowest BCUT2D eigenvalue weighted by molar-refractivity contribution is -0.116. The Morgan fingerprint density at radius 2 is 1.90 bits per heavy atom. The van der Waals surface area contributed by atoms with Crippen molar-refractivity contribution in [1.82, 2.24) is 4.98 Å². The average Bonchev–Trinajstić information content (AvgIpc) is 3.44. The molecule has 0 spiro atoms. The number of hydrogen-bond donors (Lipinski definition) is 1. The highest BCUT2D eigenvalue weighted by atomic mass is 32.1. The normalized spacial score (nSPS) is 10.8. The summed E-state index contributed by atoms with van der Waals surface area (Å²) in [5, 5.41) is 3.75. The van der Waals surface area contributed by atoms with Crippen LogP contribution in [-0.4, -0.2) is 31.1 Å². The highest BCUT2D eigenvalue weighted by Gasteiger charge is 2.12. The summed E-state index contributed by atoms with van der Waals surface area (Å²) >= 11 is 1.35. The van der Waals surface area contributed by atoms with Crippen LogP contribution in [0.5, 0.6) is 5.75 Å². The largest absolute Gasteiger partial charge is 0.497 e. The molecule has 31 heavy (non-hydrogen) atoms. The number of oxazole rings is 1. The molecule has 0 saturated carbocycles. The zero-order valence-electron chi connectivity index (χ0n) is 17.0. The number of aromatic nitrogens is 1. The molecule has 0 bridgehead atoms. The number of aryl methyl sites for hydroxylation is 1. The number of ether oxygens (including phenoxy) is 2. The fourth-order valence-corrected chi connectivity index (χ4v) is 4.04. The predicted octanol–water partition coefficient (Wildman–Crippen LogP) is 4.92. The van der Waals surface area contributed by atoms with E-state index in [1.54, 1.807) is 19.4 Å². The molecule has 2 aromatic heterocycles. The number of fused-ring (bicyclic) bond motifs is 1. The number of thiophene rings is 1. The van der Waals surface area contributed by atoms with Gasteiger partial charge in [0.2, 0.25) is 5.91 Å². The fraction of sp³-hybridized carbons (Fsp3) is 0.174. The molecule has 4 aromatic rings. The van der Waals surface area contributed by atoms with Crippen LogP contribution in [0.3, 0.4) is 0 Å². The first-order valence-electron chi connectivity index (χ1n) is 9.56. The van der Waals surface area contributed by atoms with E-state index in [0.717, 1.165) is 21.4 Å². The van der Waals surface area contributed by atoms with Gasteiger partial charge in [0.25, 0.3) is 0 Å². The van der Waals surface area contributed by atoms with Gasteiger partial charge in [-0.1, -0.05) is 0 Å². The Balaban J connectivity index is 1.36. The maximum atomic E-state index is 12.4. The maximum Gasteiger partial charge on any atom is 0.348 e. The summed E-state index contributed by atoms with van der Waals surface area (Å²) in [4.78, 5) is 28.8. The lowest BCUT2D eigenvalue weighted by Crippen LogP contribution is -2.12. The maximum absolute atomic E-state index is 12.4. The quantitative estimate of drug-likeness (QED) is 0.414. The van der Waals surface area contributed by atoms with Crippen LogP contribution < -0.4 is 10.1 Å². The third kappa shape index (κ3) is 4.75. The lowest BCUT2D eigenvalue weighted by atomic mass is 10.2. The van der Waals surface area contributed by atoms with Gasteiger partial charge < -0.3 is 19.2 Å². The summed E-state index contributed by atoms with van der Waals surface area (Å²) in [6.07, 6.45) is 2.27. The fourth-order valence-electron chi connectivity index (χ4n) is 3.08. The minimum Gasteiger partial charge on any atom is -0.497 e. The van der Waals surface area contributed by atoms with Gasteiger partial charge in [-0.05, 0) is 53.9 Å². The topological polar surface area (TPSA) is 90.7 Å². The first-order chi connectivity index (χ1) is 15.1. The molecule has 2 heterocycles. The SMILES string of the molecule is COC(=O)c1cc2cc(NC(=O)CCc3ncc(-c4ccc(OC)cc4)o3)ccc2s1. The molecule has 1 N–H and O–H groups in total. The minimum atomic E-state index is -0.369. The van der Waals surface area contributed by atoms with E-state index in [-0.39, 0.29) is 18.3 Å². The highest BCUT2D eigenvalue weighted by Crippen LogP contribution is 2.29. The van der Waals surface area contributed by atoms with Gasteiger partial charge in [-0.3, -0.25) is 4.79 Å². The molecule has 0 radical (unpaired) electrons. The number of amides is 1. The zero-order chi connectivity index (χ0) is 21.8. The number of benzene rings is 2. The zero-order valence-corrected chi connectivity index (χ0v) is 17.8. The molecular weight excluding hydrogens is 416 g/mol. The second kappa shape index (κ2) is 9.01. The molecule has 0 unspecified atom stereocenters. The Labute approximate surface area is 182 Å². The summed E-state index contributed by atoms with van der Waals surface area (Å²) in [5.41, 5.74) is 1.55. The van der Waals surface area contributed by atoms with Gasteiger partial charge in [0.05, 0.1) is 20.4 Å². The Hall–Kier alpha value is -3.65. The van der Waals surface area contributed by atoms with E-state index in [0.29, 0.717) is 28.6 Å². The molecule has 0 aliphatic rings. The van der Waals surface area contributed by atoms with E-state index in [1.165, 1.54) is 18.4 Å². The van der Waals surface area contributed by atoms with Crippen LogP contribution in [-0.2, 0) is 16.0 Å². The van der Waals surface area contributed by atoms with Crippen molar-refractivity contribution in [2.75, 3.05) is 19.5 Å². The molecule has 4 rings (SSSR count). The summed E-state index contributed by atoms with van der Waals surface area (Å²) in [6, 6.07) is 14.8. The van der Waals surface area contributed by atoms with Gasteiger partial charge in [0, 0.05) is 28.8 Å². The van der Waals surface area contributed by atoms with Crippen molar-refractivity contribution in [2.24, 2.45) is 0 Å². The Bertz CT molecular complexity index is 1230. The Morgan fingerprint density at radius 3 is 2.65 bits per heavy atom. The first kappa shape index (κ1) is 20.6. The standard InChI is InChI=1S/C23H20N2O5S/c1-28-17-6-3-14(4-7-17)18-13-24-22(30-18)10-9-21(26)25-16-5-8-19-15(11-16)12-20(31-19)23(27)29-2/h3-8,11-13H,9-10H2,1-2H3,(H,25,26). The average molecular weight is 436 g/mol. The summed E-state index contributed by atoms with van der Waals surface area (Å²) < 4.78 is 16.6. The molecule has 1 amide bonds. The number of carbonyl (C=O) groups excluding carboxylic acids is 2. The van der Waals surface area contributed by atoms with E-state index in [9.17, 15) is 9.59 Å². The van der Waals surface area contributed by atoms with Crippen LogP contribution in [0.4, 0.5) is 5.69 Å². The molecule has 8 heteroatoms. The lowest BCUT2D eigenvalue weighted by Gasteiger charge is -2.04. The van der Waals surface area contributed by atoms with Crippen LogP contribution in [0.1, 0.15) is 22.0 Å². The number of nitrogens with zero attached hydrogens (tertiary/aromatic N) is 1. The predicted molar refractivity (Wildman–Crippen MR) is 119 cm³/mol. The van der Waals surface area contributed by atoms with Crippen molar-refractivity contribution in [3.63, 3.8) is 0 Å². The molecule has 7 nitrogen and oxygen atoms in total. The van der Waals surface area contributed by atoms with E-state index < -0.39 is 0 Å². The molecule has 0 aliphatic heterocycles. The third-order valence-electron chi connectivity index (χ3n) is 4.68. The number of carbonyl (C=O) groups is 2. The Kier molecular flexibility index (Phi) is 5.99. The number of methoxy groups -OCH3 is 2. The van der Waals surface area contributed by atoms with Crippen LogP contribution in [0.15, 0.2) is 59.1 Å². The minimum absolute atomic E-state index is 0.146. The molecule has 2 aromatic carbocycles. The molecule has 0 fully saturated rings. The van der Waals surface area contributed by atoms with Gasteiger partial charge in [-0.25, -0.2) is 9.78 Å². The van der Waals surface area contributed by atoms with Gasteiger partial charge in [0.15, 0.2) is 11.7 Å². The number of hydrogen-bond acceptors (Lipinski definition) is 7. The van der Waals surface area contributed by atoms with Crippen LogP contribution in [0.2, 0.25) is 0 Å². The van der Waals surface area contributed by atoms with Crippen LogP contribution in [0, 0.1) is 0 Å². The van der Waals surface area contributed by atoms with Crippen molar-refractivity contribution in [2.45, 2.75) is 12.8 Å².